The second-order valence-electron chi connectivity index (χ2n) is 10.8. The van der Waals surface area contributed by atoms with Crippen LogP contribution in [-0.2, 0) is 20.9 Å². The first kappa shape index (κ1) is 28.2. The minimum Gasteiger partial charge on any atom is -0.459 e. The van der Waals surface area contributed by atoms with Gasteiger partial charge in [0.25, 0.3) is 5.89 Å². The van der Waals surface area contributed by atoms with Crippen LogP contribution in [-0.4, -0.2) is 47.3 Å². The number of carbonyl (C=O) groups is 1. The fourth-order valence-corrected chi connectivity index (χ4v) is 4.48. The Labute approximate surface area is 230 Å². The van der Waals surface area contributed by atoms with Gasteiger partial charge in [0.1, 0.15) is 5.60 Å². The lowest BCUT2D eigenvalue weighted by Gasteiger charge is -2.26. The molecular formula is C32H37N3O4. The number of carbonyl (C=O) groups excluding carboxylic acids is 1. The zero-order valence-electron chi connectivity index (χ0n) is 23.8. The molecule has 0 aliphatic rings. The standard InChI is InChI=1S/C32H37N3O4/c1-21-10-8-9-11-27(21)28-17-16-25(18-26(28)20-37-7)31-33-30(34-39-31)24-14-12-23(13-15-24)22(2)35(6)19-29(36)38-32(3,4)5/h8-18,22H,19-20H2,1-7H3/t22-/m1/s1. The second kappa shape index (κ2) is 11.9. The van der Waals surface area contributed by atoms with Crippen LogP contribution in [0.1, 0.15) is 50.4 Å². The van der Waals surface area contributed by atoms with Gasteiger partial charge in [0.05, 0.1) is 13.2 Å². The van der Waals surface area contributed by atoms with E-state index in [2.05, 4.69) is 42.2 Å². The fraction of sp³-hybridized carbons (Fsp3) is 0.344. The van der Waals surface area contributed by atoms with Gasteiger partial charge in [0.15, 0.2) is 0 Å². The van der Waals surface area contributed by atoms with Crippen molar-refractivity contribution in [3.05, 3.63) is 83.4 Å². The molecule has 3 aromatic carbocycles. The molecule has 0 unspecified atom stereocenters. The van der Waals surface area contributed by atoms with Crippen LogP contribution < -0.4 is 0 Å². The Kier molecular flexibility index (Phi) is 8.63. The van der Waals surface area contributed by atoms with E-state index in [9.17, 15) is 4.79 Å². The summed E-state index contributed by atoms with van der Waals surface area (Å²) in [6, 6.07) is 22.5. The van der Waals surface area contributed by atoms with Gasteiger partial charge in [-0.15, -0.1) is 0 Å². The molecule has 4 rings (SSSR count). The van der Waals surface area contributed by atoms with Gasteiger partial charge in [0.2, 0.25) is 5.82 Å². The lowest BCUT2D eigenvalue weighted by Crippen LogP contribution is -2.34. The monoisotopic (exact) mass is 527 g/mol. The van der Waals surface area contributed by atoms with Crippen LogP contribution in [0.15, 0.2) is 71.3 Å². The van der Waals surface area contributed by atoms with Crippen molar-refractivity contribution in [3.63, 3.8) is 0 Å². The molecule has 0 amide bonds. The summed E-state index contributed by atoms with van der Waals surface area (Å²) >= 11 is 0. The van der Waals surface area contributed by atoms with E-state index >= 15 is 0 Å². The molecular weight excluding hydrogens is 490 g/mol. The molecule has 7 heteroatoms. The van der Waals surface area contributed by atoms with Crippen molar-refractivity contribution in [2.45, 2.75) is 52.9 Å². The zero-order valence-corrected chi connectivity index (χ0v) is 23.8. The summed E-state index contributed by atoms with van der Waals surface area (Å²) in [6.07, 6.45) is 0. The van der Waals surface area contributed by atoms with E-state index in [1.807, 2.05) is 81.2 Å². The summed E-state index contributed by atoms with van der Waals surface area (Å²) in [4.78, 5) is 18.9. The number of methoxy groups -OCH3 is 1. The quantitative estimate of drug-likeness (QED) is 0.220. The van der Waals surface area contributed by atoms with Gasteiger partial charge in [-0.3, -0.25) is 9.69 Å². The molecule has 39 heavy (non-hydrogen) atoms. The van der Waals surface area contributed by atoms with Gasteiger partial charge in [-0.25, -0.2) is 0 Å². The Morgan fingerprint density at radius 1 is 1.00 bits per heavy atom. The van der Waals surface area contributed by atoms with Crippen molar-refractivity contribution >= 4 is 5.97 Å². The maximum Gasteiger partial charge on any atom is 0.320 e. The van der Waals surface area contributed by atoms with Crippen LogP contribution in [0, 0.1) is 6.92 Å². The van der Waals surface area contributed by atoms with Gasteiger partial charge in [0, 0.05) is 24.3 Å². The first-order chi connectivity index (χ1) is 18.6. The number of aryl methyl sites for hydroxylation is 1. The number of aromatic nitrogens is 2. The molecule has 0 saturated carbocycles. The predicted molar refractivity (Wildman–Crippen MR) is 153 cm³/mol. The first-order valence-electron chi connectivity index (χ1n) is 13.1. The Hall–Kier alpha value is -3.81. The molecule has 1 atom stereocenters. The molecule has 0 fully saturated rings. The highest BCUT2D eigenvalue weighted by molar-refractivity contribution is 5.74. The molecule has 0 aliphatic heterocycles. The van der Waals surface area contributed by atoms with Gasteiger partial charge < -0.3 is 14.0 Å². The van der Waals surface area contributed by atoms with E-state index < -0.39 is 5.60 Å². The number of hydrogen-bond acceptors (Lipinski definition) is 7. The fourth-order valence-electron chi connectivity index (χ4n) is 4.48. The van der Waals surface area contributed by atoms with Crippen molar-refractivity contribution in [1.82, 2.24) is 15.0 Å². The van der Waals surface area contributed by atoms with E-state index in [0.717, 1.165) is 27.8 Å². The Balaban J connectivity index is 1.50. The van der Waals surface area contributed by atoms with Crippen LogP contribution >= 0.6 is 0 Å². The van der Waals surface area contributed by atoms with E-state index in [1.54, 1.807) is 7.11 Å². The number of nitrogens with zero attached hydrogens (tertiary/aromatic N) is 3. The lowest BCUT2D eigenvalue weighted by atomic mass is 9.94. The lowest BCUT2D eigenvalue weighted by molar-refractivity contribution is -0.156. The molecule has 0 N–H and O–H groups in total. The molecule has 0 saturated heterocycles. The van der Waals surface area contributed by atoms with E-state index in [4.69, 9.17) is 14.0 Å². The van der Waals surface area contributed by atoms with Gasteiger partial charge >= 0.3 is 5.97 Å². The number of ether oxygens (including phenoxy) is 2. The SMILES string of the molecule is COCc1cc(-c2nc(-c3ccc([C@@H](C)N(C)CC(=O)OC(C)(C)C)cc3)no2)ccc1-c1ccccc1C. The molecule has 1 heterocycles. The Morgan fingerprint density at radius 2 is 1.69 bits per heavy atom. The van der Waals surface area contributed by atoms with Crippen LogP contribution in [0.25, 0.3) is 34.0 Å². The average Bonchev–Trinajstić information content (AvgIpc) is 3.38. The van der Waals surface area contributed by atoms with Gasteiger partial charge in [-0.05, 0) is 81.6 Å². The molecule has 0 spiro atoms. The second-order valence-corrected chi connectivity index (χ2v) is 10.8. The number of hydrogen-bond donors (Lipinski definition) is 0. The largest absolute Gasteiger partial charge is 0.459 e. The predicted octanol–water partition coefficient (Wildman–Crippen LogP) is 6.86. The Bertz CT molecular complexity index is 1420. The molecule has 0 aliphatic carbocycles. The van der Waals surface area contributed by atoms with Crippen LogP contribution in [0.3, 0.4) is 0 Å². The third-order valence-electron chi connectivity index (χ3n) is 6.62. The van der Waals surface area contributed by atoms with Crippen LogP contribution in [0.5, 0.6) is 0 Å². The first-order valence-corrected chi connectivity index (χ1v) is 13.1. The average molecular weight is 528 g/mol. The summed E-state index contributed by atoms with van der Waals surface area (Å²) in [5.74, 6) is 0.726. The molecule has 7 nitrogen and oxygen atoms in total. The highest BCUT2D eigenvalue weighted by atomic mass is 16.6. The van der Waals surface area contributed by atoms with Crippen molar-refractivity contribution in [2.24, 2.45) is 0 Å². The summed E-state index contributed by atoms with van der Waals surface area (Å²) in [5.41, 5.74) is 6.82. The number of rotatable bonds is 9. The maximum atomic E-state index is 12.2. The topological polar surface area (TPSA) is 77.7 Å². The molecule has 204 valence electrons. The van der Waals surface area contributed by atoms with E-state index in [-0.39, 0.29) is 18.6 Å². The van der Waals surface area contributed by atoms with Gasteiger partial charge in [-0.1, -0.05) is 59.8 Å². The number of benzene rings is 3. The summed E-state index contributed by atoms with van der Waals surface area (Å²) in [5, 5.41) is 4.23. The Morgan fingerprint density at radius 3 is 2.36 bits per heavy atom. The summed E-state index contributed by atoms with van der Waals surface area (Å²) in [6.45, 7) is 10.5. The maximum absolute atomic E-state index is 12.2. The summed E-state index contributed by atoms with van der Waals surface area (Å²) < 4.78 is 16.6. The van der Waals surface area contributed by atoms with Crippen LogP contribution in [0.4, 0.5) is 0 Å². The zero-order chi connectivity index (χ0) is 28.2. The summed E-state index contributed by atoms with van der Waals surface area (Å²) in [7, 11) is 3.61. The third kappa shape index (κ3) is 6.99. The molecule has 1 aromatic heterocycles. The minimum atomic E-state index is -0.499. The number of likely N-dealkylation sites (N-methyl/N-ethyl adjacent to an activating group) is 1. The molecule has 0 bridgehead atoms. The van der Waals surface area contributed by atoms with Crippen molar-refractivity contribution < 1.29 is 18.8 Å². The third-order valence-corrected chi connectivity index (χ3v) is 6.62. The minimum absolute atomic E-state index is 0.0263. The van der Waals surface area contributed by atoms with E-state index in [0.29, 0.717) is 18.3 Å². The smallest absolute Gasteiger partial charge is 0.320 e. The highest BCUT2D eigenvalue weighted by Gasteiger charge is 2.21. The van der Waals surface area contributed by atoms with Crippen molar-refractivity contribution in [2.75, 3.05) is 20.7 Å². The molecule has 0 radical (unpaired) electrons. The highest BCUT2D eigenvalue weighted by Crippen LogP contribution is 2.32. The van der Waals surface area contributed by atoms with Crippen molar-refractivity contribution in [3.8, 4) is 34.0 Å². The van der Waals surface area contributed by atoms with Crippen molar-refractivity contribution in [1.29, 1.82) is 0 Å². The molecule has 4 aromatic rings. The normalized spacial score (nSPS) is 12.5. The number of esters is 1. The van der Waals surface area contributed by atoms with E-state index in [1.165, 1.54) is 11.1 Å². The van der Waals surface area contributed by atoms with Crippen LogP contribution in [0.2, 0.25) is 0 Å². The van der Waals surface area contributed by atoms with Gasteiger partial charge in [-0.2, -0.15) is 4.98 Å².